The summed E-state index contributed by atoms with van der Waals surface area (Å²) < 4.78 is 6.79. The standard InChI is InChI=1S/C23H21BrN2O4/c24-17-9-5-16(6-10-17)14-30-19-11-7-15(8-12-19)13-20-21(27)25-23(29)26(22(20)28)18-3-1-2-4-18/h5-13,18H,1-4,14H2,(H,25,27,29)/b20-13+. The van der Waals surface area contributed by atoms with E-state index in [1.165, 1.54) is 11.0 Å². The van der Waals surface area contributed by atoms with Gasteiger partial charge in [0, 0.05) is 10.5 Å². The summed E-state index contributed by atoms with van der Waals surface area (Å²) in [6, 6.07) is 14.3. The molecule has 1 saturated carbocycles. The minimum Gasteiger partial charge on any atom is -0.489 e. The van der Waals surface area contributed by atoms with E-state index in [-0.39, 0.29) is 11.6 Å². The molecule has 1 saturated heterocycles. The highest BCUT2D eigenvalue weighted by Gasteiger charge is 2.40. The Balaban J connectivity index is 1.46. The number of amides is 4. The van der Waals surface area contributed by atoms with E-state index in [1.54, 1.807) is 24.3 Å². The molecule has 0 aromatic heterocycles. The summed E-state index contributed by atoms with van der Waals surface area (Å²) in [4.78, 5) is 38.5. The van der Waals surface area contributed by atoms with Crippen LogP contribution in [-0.4, -0.2) is 28.8 Å². The van der Waals surface area contributed by atoms with Gasteiger partial charge < -0.3 is 4.74 Å². The third kappa shape index (κ3) is 4.46. The summed E-state index contributed by atoms with van der Waals surface area (Å²) in [7, 11) is 0. The van der Waals surface area contributed by atoms with E-state index in [2.05, 4.69) is 21.2 Å². The van der Waals surface area contributed by atoms with E-state index in [0.29, 0.717) is 17.9 Å². The molecule has 1 N–H and O–H groups in total. The topological polar surface area (TPSA) is 75.7 Å². The Bertz CT molecular complexity index is 993. The molecule has 7 heteroatoms. The second kappa shape index (κ2) is 8.83. The van der Waals surface area contributed by atoms with Crippen LogP contribution in [0.5, 0.6) is 5.75 Å². The van der Waals surface area contributed by atoms with E-state index in [1.807, 2.05) is 24.3 Å². The van der Waals surface area contributed by atoms with Gasteiger partial charge in [0.1, 0.15) is 17.9 Å². The van der Waals surface area contributed by atoms with Crippen molar-refractivity contribution in [1.82, 2.24) is 10.2 Å². The zero-order valence-electron chi connectivity index (χ0n) is 16.3. The van der Waals surface area contributed by atoms with E-state index in [0.717, 1.165) is 35.7 Å². The number of urea groups is 1. The van der Waals surface area contributed by atoms with Crippen LogP contribution in [-0.2, 0) is 16.2 Å². The molecule has 1 aliphatic carbocycles. The molecular formula is C23H21BrN2O4. The average Bonchev–Trinajstić information content (AvgIpc) is 3.26. The van der Waals surface area contributed by atoms with Gasteiger partial charge in [-0.25, -0.2) is 4.79 Å². The maximum absolute atomic E-state index is 12.8. The Morgan fingerprint density at radius 2 is 1.67 bits per heavy atom. The average molecular weight is 469 g/mol. The zero-order valence-corrected chi connectivity index (χ0v) is 17.9. The fraction of sp³-hybridized carbons (Fsp3) is 0.261. The lowest BCUT2D eigenvalue weighted by Crippen LogP contribution is -2.57. The quantitative estimate of drug-likeness (QED) is 0.519. The first-order valence-electron chi connectivity index (χ1n) is 9.89. The lowest BCUT2D eigenvalue weighted by Gasteiger charge is -2.31. The van der Waals surface area contributed by atoms with E-state index < -0.39 is 17.8 Å². The molecule has 4 amide bonds. The predicted molar refractivity (Wildman–Crippen MR) is 116 cm³/mol. The third-order valence-corrected chi connectivity index (χ3v) is 5.86. The van der Waals surface area contributed by atoms with Gasteiger partial charge in [-0.1, -0.05) is 53.0 Å². The summed E-state index contributed by atoms with van der Waals surface area (Å²) in [6.07, 6.45) is 5.05. The maximum Gasteiger partial charge on any atom is 0.331 e. The van der Waals surface area contributed by atoms with Gasteiger partial charge in [0.2, 0.25) is 0 Å². The van der Waals surface area contributed by atoms with Gasteiger partial charge in [-0.05, 0) is 54.3 Å². The first kappa shape index (κ1) is 20.3. The summed E-state index contributed by atoms with van der Waals surface area (Å²) in [5, 5.41) is 2.29. The molecule has 0 unspecified atom stereocenters. The van der Waals surface area contributed by atoms with Crippen LogP contribution in [0.25, 0.3) is 6.08 Å². The van der Waals surface area contributed by atoms with Crippen molar-refractivity contribution in [2.45, 2.75) is 38.3 Å². The van der Waals surface area contributed by atoms with Crippen molar-refractivity contribution in [2.75, 3.05) is 0 Å². The Morgan fingerprint density at radius 3 is 2.33 bits per heavy atom. The molecule has 6 nitrogen and oxygen atoms in total. The smallest absolute Gasteiger partial charge is 0.331 e. The normalized spacial score (nSPS) is 18.8. The highest BCUT2D eigenvalue weighted by Crippen LogP contribution is 2.27. The first-order valence-corrected chi connectivity index (χ1v) is 10.7. The van der Waals surface area contributed by atoms with Gasteiger partial charge in [-0.3, -0.25) is 19.8 Å². The van der Waals surface area contributed by atoms with Gasteiger partial charge in [0.15, 0.2) is 0 Å². The number of hydrogen-bond donors (Lipinski definition) is 1. The molecular weight excluding hydrogens is 448 g/mol. The van der Waals surface area contributed by atoms with Crippen LogP contribution in [0.2, 0.25) is 0 Å². The number of hydrogen-bond acceptors (Lipinski definition) is 4. The minimum absolute atomic E-state index is 0.0231. The lowest BCUT2D eigenvalue weighted by atomic mass is 10.1. The largest absolute Gasteiger partial charge is 0.489 e. The van der Waals surface area contributed by atoms with Crippen molar-refractivity contribution in [2.24, 2.45) is 0 Å². The molecule has 0 radical (unpaired) electrons. The van der Waals surface area contributed by atoms with Crippen molar-refractivity contribution in [3.63, 3.8) is 0 Å². The zero-order chi connectivity index (χ0) is 21.1. The number of halogens is 1. The van der Waals surface area contributed by atoms with Gasteiger partial charge in [-0.2, -0.15) is 0 Å². The van der Waals surface area contributed by atoms with Gasteiger partial charge in [0.05, 0.1) is 0 Å². The number of carbonyl (C=O) groups is 3. The van der Waals surface area contributed by atoms with Crippen LogP contribution in [0.3, 0.4) is 0 Å². The first-order chi connectivity index (χ1) is 14.5. The molecule has 2 fully saturated rings. The van der Waals surface area contributed by atoms with Gasteiger partial charge in [0.25, 0.3) is 11.8 Å². The molecule has 2 aliphatic rings. The molecule has 2 aromatic rings. The van der Waals surface area contributed by atoms with Gasteiger partial charge in [-0.15, -0.1) is 0 Å². The van der Waals surface area contributed by atoms with Crippen molar-refractivity contribution >= 4 is 39.9 Å². The molecule has 2 aromatic carbocycles. The number of nitrogens with zero attached hydrogens (tertiary/aromatic N) is 1. The Labute approximate surface area is 183 Å². The minimum atomic E-state index is -0.658. The SMILES string of the molecule is O=C1NC(=O)N(C2CCCC2)C(=O)/C1=C/c1ccc(OCc2ccc(Br)cc2)cc1. The molecule has 1 heterocycles. The summed E-state index contributed by atoms with van der Waals surface area (Å²) in [5.74, 6) is -0.497. The molecule has 4 rings (SSSR count). The number of imide groups is 2. The molecule has 0 atom stereocenters. The van der Waals surface area contributed by atoms with E-state index in [4.69, 9.17) is 4.74 Å². The molecule has 30 heavy (non-hydrogen) atoms. The second-order valence-electron chi connectivity index (χ2n) is 7.41. The van der Waals surface area contributed by atoms with Crippen LogP contribution in [0.15, 0.2) is 58.6 Å². The molecule has 1 aliphatic heterocycles. The predicted octanol–water partition coefficient (Wildman–Crippen LogP) is 4.43. The fourth-order valence-corrected chi connectivity index (χ4v) is 4.00. The number of barbiturate groups is 1. The number of benzene rings is 2. The van der Waals surface area contributed by atoms with Crippen LogP contribution in [0.4, 0.5) is 4.79 Å². The number of nitrogens with one attached hydrogen (secondary N) is 1. The lowest BCUT2D eigenvalue weighted by molar-refractivity contribution is -0.131. The van der Waals surface area contributed by atoms with Crippen molar-refractivity contribution < 1.29 is 19.1 Å². The molecule has 154 valence electrons. The Morgan fingerprint density at radius 1 is 1.00 bits per heavy atom. The fourth-order valence-electron chi connectivity index (χ4n) is 3.74. The Kier molecular flexibility index (Phi) is 5.99. The summed E-state index contributed by atoms with van der Waals surface area (Å²) in [5.41, 5.74) is 1.71. The molecule has 0 spiro atoms. The highest BCUT2D eigenvalue weighted by molar-refractivity contribution is 9.10. The van der Waals surface area contributed by atoms with Crippen LogP contribution < -0.4 is 10.1 Å². The summed E-state index contributed by atoms with van der Waals surface area (Å²) >= 11 is 3.40. The number of carbonyl (C=O) groups excluding carboxylic acids is 3. The van der Waals surface area contributed by atoms with E-state index in [9.17, 15) is 14.4 Å². The van der Waals surface area contributed by atoms with Crippen molar-refractivity contribution in [3.05, 3.63) is 69.7 Å². The van der Waals surface area contributed by atoms with E-state index >= 15 is 0 Å². The maximum atomic E-state index is 12.8. The third-order valence-electron chi connectivity index (χ3n) is 5.33. The monoisotopic (exact) mass is 468 g/mol. The molecule has 0 bridgehead atoms. The van der Waals surface area contributed by atoms with Crippen LogP contribution in [0, 0.1) is 0 Å². The number of ether oxygens (including phenoxy) is 1. The van der Waals surface area contributed by atoms with Crippen LogP contribution in [0.1, 0.15) is 36.8 Å². The van der Waals surface area contributed by atoms with Crippen molar-refractivity contribution in [3.8, 4) is 5.75 Å². The van der Waals surface area contributed by atoms with Crippen LogP contribution >= 0.6 is 15.9 Å². The van der Waals surface area contributed by atoms with Gasteiger partial charge >= 0.3 is 6.03 Å². The second-order valence-corrected chi connectivity index (χ2v) is 8.33. The highest BCUT2D eigenvalue weighted by atomic mass is 79.9. The van der Waals surface area contributed by atoms with Crippen molar-refractivity contribution in [1.29, 1.82) is 0 Å². The Hall–Kier alpha value is -2.93. The summed E-state index contributed by atoms with van der Waals surface area (Å²) in [6.45, 7) is 0.438. The number of rotatable bonds is 5.